The van der Waals surface area contributed by atoms with Crippen molar-refractivity contribution in [2.45, 2.75) is 17.9 Å². The number of hydrogen-bond donors (Lipinski definition) is 1. The van der Waals surface area contributed by atoms with Gasteiger partial charge >= 0.3 is 5.69 Å². The first-order valence-electron chi connectivity index (χ1n) is 6.89. The zero-order chi connectivity index (χ0) is 17.3. The van der Waals surface area contributed by atoms with E-state index < -0.39 is 14.8 Å². The van der Waals surface area contributed by atoms with E-state index in [-0.39, 0.29) is 29.5 Å². The van der Waals surface area contributed by atoms with E-state index in [9.17, 15) is 23.3 Å². The monoisotopic (exact) mass is 348 g/mol. The number of rotatable bonds is 5. The van der Waals surface area contributed by atoms with Crippen LogP contribution in [0.2, 0.25) is 0 Å². The van der Waals surface area contributed by atoms with Crippen LogP contribution in [0.1, 0.15) is 12.0 Å². The van der Waals surface area contributed by atoms with E-state index in [4.69, 9.17) is 0 Å². The van der Waals surface area contributed by atoms with Crippen molar-refractivity contribution in [3.8, 4) is 0 Å². The molecule has 124 valence electrons. The van der Waals surface area contributed by atoms with E-state index in [1.807, 2.05) is 0 Å². The average molecular weight is 348 g/mol. The Morgan fingerprint density at radius 2 is 2.17 bits per heavy atom. The molecule has 9 nitrogen and oxygen atoms in total. The third-order valence-electron chi connectivity index (χ3n) is 3.43. The Hall–Kier alpha value is -3.01. The molecule has 24 heavy (non-hydrogen) atoms. The van der Waals surface area contributed by atoms with Crippen LogP contribution in [0, 0.1) is 10.1 Å². The molecule has 1 aromatic heterocycles. The van der Waals surface area contributed by atoms with E-state index >= 15 is 0 Å². The fourth-order valence-electron chi connectivity index (χ4n) is 2.24. The number of amides is 1. The summed E-state index contributed by atoms with van der Waals surface area (Å²) in [5.74, 6) is -0.351. The molecule has 1 N–H and O–H groups in total. The number of fused-ring (bicyclic) bond motifs is 1. The zero-order valence-electron chi connectivity index (χ0n) is 12.2. The number of benzene rings is 1. The van der Waals surface area contributed by atoms with Crippen LogP contribution in [-0.2, 0) is 21.2 Å². The van der Waals surface area contributed by atoms with Gasteiger partial charge in [0.1, 0.15) is 12.4 Å². The minimum atomic E-state index is -3.43. The first-order valence-corrected chi connectivity index (χ1v) is 8.44. The Labute approximate surface area is 136 Å². The van der Waals surface area contributed by atoms with E-state index in [1.54, 1.807) is 12.1 Å². The van der Waals surface area contributed by atoms with Gasteiger partial charge in [0, 0.05) is 24.1 Å². The second-order valence-corrected chi connectivity index (χ2v) is 6.92. The summed E-state index contributed by atoms with van der Waals surface area (Å²) in [5, 5.41) is 18.1. The Morgan fingerprint density at radius 1 is 1.38 bits per heavy atom. The topological polar surface area (TPSA) is 124 Å². The summed E-state index contributed by atoms with van der Waals surface area (Å²) in [5.41, 5.74) is 0.807. The summed E-state index contributed by atoms with van der Waals surface area (Å²) in [6.45, 7) is 0.171. The fraction of sp³-hybridized carbons (Fsp3) is 0.143. The van der Waals surface area contributed by atoms with Crippen LogP contribution in [-0.4, -0.2) is 29.0 Å². The molecule has 0 spiro atoms. The molecule has 1 aliphatic heterocycles. The quantitative estimate of drug-likeness (QED) is 0.646. The van der Waals surface area contributed by atoms with Crippen LogP contribution in [0.4, 0.5) is 11.4 Å². The highest BCUT2D eigenvalue weighted by Crippen LogP contribution is 2.29. The number of aromatic nitrogens is 2. The SMILES string of the molecule is O=C(CCn1cc([N+](=O)[O-])cn1)Nc1ccc2c(c1)S(=O)(=O)C=C2. The molecule has 0 atom stereocenters. The predicted octanol–water partition coefficient (Wildman–Crippen LogP) is 1.58. The smallest absolute Gasteiger partial charge is 0.306 e. The number of sulfone groups is 1. The van der Waals surface area contributed by atoms with Gasteiger partial charge in [-0.15, -0.1) is 0 Å². The molecule has 1 amide bonds. The van der Waals surface area contributed by atoms with Gasteiger partial charge in [0.25, 0.3) is 0 Å². The fourth-order valence-corrected chi connectivity index (χ4v) is 3.47. The molecule has 3 rings (SSSR count). The Morgan fingerprint density at radius 3 is 2.88 bits per heavy atom. The lowest BCUT2D eigenvalue weighted by Crippen LogP contribution is -2.15. The van der Waals surface area contributed by atoms with Crippen LogP contribution >= 0.6 is 0 Å². The van der Waals surface area contributed by atoms with Crippen molar-refractivity contribution in [2.75, 3.05) is 5.32 Å². The zero-order valence-corrected chi connectivity index (χ0v) is 13.1. The molecule has 2 aromatic rings. The second-order valence-electron chi connectivity index (χ2n) is 5.12. The van der Waals surface area contributed by atoms with E-state index in [2.05, 4.69) is 10.4 Å². The highest BCUT2D eigenvalue weighted by Gasteiger charge is 2.21. The van der Waals surface area contributed by atoms with Crippen molar-refractivity contribution >= 4 is 33.2 Å². The number of aryl methyl sites for hydroxylation is 1. The summed E-state index contributed by atoms with van der Waals surface area (Å²) < 4.78 is 24.9. The third kappa shape index (κ3) is 3.18. The maximum Gasteiger partial charge on any atom is 0.306 e. The van der Waals surface area contributed by atoms with Crippen LogP contribution < -0.4 is 5.32 Å². The molecule has 2 heterocycles. The highest BCUT2D eigenvalue weighted by molar-refractivity contribution is 7.94. The van der Waals surface area contributed by atoms with Gasteiger partial charge in [-0.05, 0) is 23.8 Å². The molecule has 0 saturated carbocycles. The van der Waals surface area contributed by atoms with Crippen molar-refractivity contribution in [3.63, 3.8) is 0 Å². The molecule has 0 bridgehead atoms. The Kier molecular flexibility index (Phi) is 3.89. The van der Waals surface area contributed by atoms with E-state index in [0.29, 0.717) is 11.3 Å². The van der Waals surface area contributed by atoms with E-state index in [0.717, 1.165) is 11.6 Å². The van der Waals surface area contributed by atoms with Crippen LogP contribution in [0.5, 0.6) is 0 Å². The number of hydrogen-bond acceptors (Lipinski definition) is 6. The van der Waals surface area contributed by atoms with Crippen LogP contribution in [0.15, 0.2) is 40.9 Å². The summed E-state index contributed by atoms with van der Waals surface area (Å²) >= 11 is 0. The van der Waals surface area contributed by atoms with Crippen molar-refractivity contribution in [3.05, 3.63) is 51.7 Å². The first-order chi connectivity index (χ1) is 11.3. The highest BCUT2D eigenvalue weighted by atomic mass is 32.2. The number of carbonyl (C=O) groups excluding carboxylic acids is 1. The molecule has 1 aromatic carbocycles. The number of nitrogens with zero attached hydrogens (tertiary/aromatic N) is 3. The molecule has 10 heteroatoms. The molecular formula is C14H12N4O5S. The van der Waals surface area contributed by atoms with Gasteiger partial charge in [-0.25, -0.2) is 8.42 Å². The molecule has 1 aliphatic rings. The minimum absolute atomic E-state index is 0.0426. The number of carbonyl (C=O) groups is 1. The Bertz CT molecular complexity index is 961. The number of nitro groups is 1. The number of nitrogens with one attached hydrogen (secondary N) is 1. The van der Waals surface area contributed by atoms with Gasteiger partial charge in [0.2, 0.25) is 15.7 Å². The summed E-state index contributed by atoms with van der Waals surface area (Å²) in [6, 6.07) is 4.63. The lowest BCUT2D eigenvalue weighted by Gasteiger charge is -2.07. The maximum absolute atomic E-state index is 11.9. The van der Waals surface area contributed by atoms with Gasteiger partial charge in [-0.3, -0.25) is 19.6 Å². The average Bonchev–Trinajstić information content (AvgIpc) is 3.11. The largest absolute Gasteiger partial charge is 0.326 e. The normalized spacial score (nSPS) is 14.3. The van der Waals surface area contributed by atoms with Crippen molar-refractivity contribution < 1.29 is 18.1 Å². The first kappa shape index (κ1) is 15.9. The lowest BCUT2D eigenvalue weighted by atomic mass is 10.2. The van der Waals surface area contributed by atoms with Gasteiger partial charge in [-0.1, -0.05) is 6.07 Å². The lowest BCUT2D eigenvalue weighted by molar-refractivity contribution is -0.385. The minimum Gasteiger partial charge on any atom is -0.326 e. The Balaban J connectivity index is 1.62. The third-order valence-corrected chi connectivity index (χ3v) is 4.89. The number of anilines is 1. The van der Waals surface area contributed by atoms with Crippen molar-refractivity contribution in [2.24, 2.45) is 0 Å². The van der Waals surface area contributed by atoms with Crippen LogP contribution in [0.3, 0.4) is 0 Å². The van der Waals surface area contributed by atoms with Gasteiger partial charge in [0.05, 0.1) is 9.82 Å². The van der Waals surface area contributed by atoms with Gasteiger partial charge < -0.3 is 5.32 Å². The van der Waals surface area contributed by atoms with Crippen molar-refractivity contribution in [1.82, 2.24) is 9.78 Å². The van der Waals surface area contributed by atoms with Gasteiger partial charge in [-0.2, -0.15) is 5.10 Å². The van der Waals surface area contributed by atoms with Crippen molar-refractivity contribution in [1.29, 1.82) is 0 Å². The maximum atomic E-state index is 11.9. The molecule has 0 fully saturated rings. The predicted molar refractivity (Wildman–Crippen MR) is 84.8 cm³/mol. The van der Waals surface area contributed by atoms with Crippen LogP contribution in [0.25, 0.3) is 6.08 Å². The molecule has 0 unspecified atom stereocenters. The summed E-state index contributed by atoms with van der Waals surface area (Å²) in [4.78, 5) is 22.1. The summed E-state index contributed by atoms with van der Waals surface area (Å²) in [7, 11) is -3.43. The molecule has 0 saturated heterocycles. The second kappa shape index (κ2) is 5.89. The molecular weight excluding hydrogens is 336 g/mol. The van der Waals surface area contributed by atoms with E-state index in [1.165, 1.54) is 23.0 Å². The standard InChI is InChI=1S/C14H12N4O5S/c19-14(3-5-17-9-12(8-15-17)18(20)21)16-11-2-1-10-4-6-24(22,23)13(10)7-11/h1-2,4,6-9H,3,5H2,(H,16,19). The molecule has 0 radical (unpaired) electrons. The summed E-state index contributed by atoms with van der Waals surface area (Å²) in [6.07, 6.45) is 3.89. The molecule has 0 aliphatic carbocycles. The van der Waals surface area contributed by atoms with Gasteiger partial charge in [0.15, 0.2) is 0 Å².